The van der Waals surface area contributed by atoms with Crippen molar-refractivity contribution in [3.05, 3.63) is 58.3 Å². The first-order valence-corrected chi connectivity index (χ1v) is 5.47. The summed E-state index contributed by atoms with van der Waals surface area (Å²) in [5, 5.41) is 1.28. The summed E-state index contributed by atoms with van der Waals surface area (Å²) < 4.78 is 5.52. The lowest BCUT2D eigenvalue weighted by molar-refractivity contribution is 0.305. The Bertz CT molecular complexity index is 471. The first kappa shape index (κ1) is 11.2. The molecule has 1 aromatic heterocycles. The molecular weight excluding hydrogens is 245 g/mol. The lowest BCUT2D eigenvalue weighted by atomic mass is 10.2. The van der Waals surface area contributed by atoms with Gasteiger partial charge in [-0.15, -0.1) is 0 Å². The van der Waals surface area contributed by atoms with Gasteiger partial charge in [0.2, 0.25) is 0 Å². The summed E-state index contributed by atoms with van der Waals surface area (Å²) in [7, 11) is 0. The Morgan fingerprint density at radius 3 is 2.44 bits per heavy atom. The van der Waals surface area contributed by atoms with Crippen LogP contribution in [0, 0.1) is 0 Å². The molecule has 0 atom stereocenters. The highest BCUT2D eigenvalue weighted by atomic mass is 35.5. The van der Waals surface area contributed by atoms with E-state index in [1.165, 1.54) is 0 Å². The Labute approximate surface area is 104 Å². The van der Waals surface area contributed by atoms with Crippen molar-refractivity contribution >= 4 is 23.2 Å². The van der Waals surface area contributed by atoms with Crippen LogP contribution in [0.1, 0.15) is 5.56 Å². The van der Waals surface area contributed by atoms with Crippen LogP contribution in [0.5, 0.6) is 5.75 Å². The second-order valence-corrected chi connectivity index (χ2v) is 4.13. The Balaban J connectivity index is 1.99. The Morgan fingerprint density at radius 2 is 1.75 bits per heavy atom. The third-order valence-electron chi connectivity index (χ3n) is 2.00. The first-order valence-electron chi connectivity index (χ1n) is 4.72. The first-order chi connectivity index (χ1) is 7.74. The number of rotatable bonds is 3. The van der Waals surface area contributed by atoms with E-state index >= 15 is 0 Å². The standard InChI is InChI=1S/C12H9Cl2NO/c13-10-3-1-9(2-4-10)8-16-12-5-11(14)6-15-7-12/h1-7H,8H2. The van der Waals surface area contributed by atoms with Gasteiger partial charge >= 0.3 is 0 Å². The van der Waals surface area contributed by atoms with Gasteiger partial charge in [-0.05, 0) is 17.7 Å². The van der Waals surface area contributed by atoms with Crippen LogP contribution < -0.4 is 4.74 Å². The van der Waals surface area contributed by atoms with Gasteiger partial charge in [-0.2, -0.15) is 0 Å². The van der Waals surface area contributed by atoms with Crippen LogP contribution in [0.3, 0.4) is 0 Å². The quantitative estimate of drug-likeness (QED) is 0.826. The number of nitrogens with zero attached hydrogens (tertiary/aromatic N) is 1. The topological polar surface area (TPSA) is 22.1 Å². The average Bonchev–Trinajstić information content (AvgIpc) is 2.28. The maximum Gasteiger partial charge on any atom is 0.139 e. The van der Waals surface area contributed by atoms with Gasteiger partial charge in [-0.3, -0.25) is 4.98 Å². The highest BCUT2D eigenvalue weighted by Crippen LogP contribution is 2.17. The van der Waals surface area contributed by atoms with E-state index in [-0.39, 0.29) is 0 Å². The van der Waals surface area contributed by atoms with E-state index in [4.69, 9.17) is 27.9 Å². The minimum atomic E-state index is 0.471. The van der Waals surface area contributed by atoms with Crippen LogP contribution in [0.25, 0.3) is 0 Å². The zero-order valence-electron chi connectivity index (χ0n) is 8.36. The van der Waals surface area contributed by atoms with Crippen molar-refractivity contribution in [3.63, 3.8) is 0 Å². The van der Waals surface area contributed by atoms with Gasteiger partial charge in [0, 0.05) is 17.3 Å². The third-order valence-corrected chi connectivity index (χ3v) is 2.46. The van der Waals surface area contributed by atoms with Crippen molar-refractivity contribution in [2.24, 2.45) is 0 Å². The van der Waals surface area contributed by atoms with Crippen LogP contribution >= 0.6 is 23.2 Å². The molecule has 0 aliphatic rings. The summed E-state index contributed by atoms with van der Waals surface area (Å²) in [6.45, 7) is 0.471. The van der Waals surface area contributed by atoms with Crippen molar-refractivity contribution in [3.8, 4) is 5.75 Å². The number of aromatic nitrogens is 1. The molecule has 16 heavy (non-hydrogen) atoms. The van der Waals surface area contributed by atoms with Gasteiger partial charge in [0.25, 0.3) is 0 Å². The van der Waals surface area contributed by atoms with Gasteiger partial charge in [0.05, 0.1) is 11.2 Å². The van der Waals surface area contributed by atoms with Crippen molar-refractivity contribution in [2.75, 3.05) is 0 Å². The number of halogens is 2. The smallest absolute Gasteiger partial charge is 0.139 e. The highest BCUT2D eigenvalue weighted by molar-refractivity contribution is 6.30. The minimum Gasteiger partial charge on any atom is -0.487 e. The fraction of sp³-hybridized carbons (Fsp3) is 0.0833. The SMILES string of the molecule is Clc1ccc(COc2cncc(Cl)c2)cc1. The maximum atomic E-state index is 5.79. The molecule has 2 rings (SSSR count). The summed E-state index contributed by atoms with van der Waals surface area (Å²) in [5.41, 5.74) is 1.05. The molecular formula is C12H9Cl2NO. The second kappa shape index (κ2) is 5.19. The molecule has 0 saturated heterocycles. The number of ether oxygens (including phenoxy) is 1. The molecule has 82 valence electrons. The average molecular weight is 254 g/mol. The van der Waals surface area contributed by atoms with E-state index in [1.54, 1.807) is 18.5 Å². The minimum absolute atomic E-state index is 0.471. The predicted molar refractivity (Wildman–Crippen MR) is 65.0 cm³/mol. The number of hydrogen-bond donors (Lipinski definition) is 0. The molecule has 0 saturated carbocycles. The normalized spacial score (nSPS) is 10.1. The maximum absolute atomic E-state index is 5.79. The van der Waals surface area contributed by atoms with E-state index < -0.39 is 0 Å². The Morgan fingerprint density at radius 1 is 1.00 bits per heavy atom. The van der Waals surface area contributed by atoms with Crippen LogP contribution in [-0.2, 0) is 6.61 Å². The summed E-state index contributed by atoms with van der Waals surface area (Å²) in [5.74, 6) is 0.655. The van der Waals surface area contributed by atoms with Crippen LogP contribution in [0.4, 0.5) is 0 Å². The van der Waals surface area contributed by atoms with Crippen molar-refractivity contribution in [1.29, 1.82) is 0 Å². The molecule has 0 N–H and O–H groups in total. The van der Waals surface area contributed by atoms with Crippen molar-refractivity contribution in [2.45, 2.75) is 6.61 Å². The van der Waals surface area contributed by atoms with E-state index in [0.717, 1.165) is 5.56 Å². The number of hydrogen-bond acceptors (Lipinski definition) is 2. The molecule has 0 amide bonds. The molecule has 0 bridgehead atoms. The molecule has 1 aromatic carbocycles. The van der Waals surface area contributed by atoms with E-state index in [1.807, 2.05) is 24.3 Å². The largest absolute Gasteiger partial charge is 0.487 e. The lowest BCUT2D eigenvalue weighted by Gasteiger charge is -2.05. The van der Waals surface area contributed by atoms with Crippen LogP contribution in [0.2, 0.25) is 10.0 Å². The van der Waals surface area contributed by atoms with E-state index in [2.05, 4.69) is 4.98 Å². The zero-order chi connectivity index (χ0) is 11.4. The summed E-state index contributed by atoms with van der Waals surface area (Å²) in [4.78, 5) is 3.93. The fourth-order valence-electron chi connectivity index (χ4n) is 1.22. The molecule has 4 heteroatoms. The van der Waals surface area contributed by atoms with Gasteiger partial charge in [-0.1, -0.05) is 35.3 Å². The molecule has 2 aromatic rings. The summed E-state index contributed by atoms with van der Waals surface area (Å²) >= 11 is 11.6. The lowest BCUT2D eigenvalue weighted by Crippen LogP contribution is -1.95. The molecule has 0 aliphatic carbocycles. The molecule has 1 heterocycles. The van der Waals surface area contributed by atoms with Crippen molar-refractivity contribution < 1.29 is 4.74 Å². The summed E-state index contributed by atoms with van der Waals surface area (Å²) in [6, 6.07) is 9.22. The zero-order valence-corrected chi connectivity index (χ0v) is 9.87. The molecule has 2 nitrogen and oxygen atoms in total. The predicted octanol–water partition coefficient (Wildman–Crippen LogP) is 3.97. The van der Waals surface area contributed by atoms with Crippen LogP contribution in [0.15, 0.2) is 42.7 Å². The molecule has 0 radical (unpaired) electrons. The molecule has 0 unspecified atom stereocenters. The highest BCUT2D eigenvalue weighted by Gasteiger charge is 1.97. The Kier molecular flexibility index (Phi) is 3.65. The number of benzene rings is 1. The van der Waals surface area contributed by atoms with Crippen molar-refractivity contribution in [1.82, 2.24) is 4.98 Å². The molecule has 0 aliphatic heterocycles. The number of pyridine rings is 1. The van der Waals surface area contributed by atoms with Gasteiger partial charge in [0.1, 0.15) is 12.4 Å². The van der Waals surface area contributed by atoms with Gasteiger partial charge < -0.3 is 4.74 Å². The van der Waals surface area contributed by atoms with Gasteiger partial charge in [-0.25, -0.2) is 0 Å². The Hall–Kier alpha value is -1.25. The fourth-order valence-corrected chi connectivity index (χ4v) is 1.51. The van der Waals surface area contributed by atoms with E-state index in [0.29, 0.717) is 22.4 Å². The molecule has 0 spiro atoms. The van der Waals surface area contributed by atoms with Crippen LogP contribution in [-0.4, -0.2) is 4.98 Å². The third kappa shape index (κ3) is 3.12. The monoisotopic (exact) mass is 253 g/mol. The molecule has 0 fully saturated rings. The second-order valence-electron chi connectivity index (χ2n) is 3.25. The summed E-state index contributed by atoms with van der Waals surface area (Å²) in [6.07, 6.45) is 3.19. The van der Waals surface area contributed by atoms with E-state index in [9.17, 15) is 0 Å². The van der Waals surface area contributed by atoms with Gasteiger partial charge in [0.15, 0.2) is 0 Å².